The molecule has 9 aromatic carbocycles. The van der Waals surface area contributed by atoms with Crippen molar-refractivity contribution in [1.29, 1.82) is 0 Å². The van der Waals surface area contributed by atoms with Crippen molar-refractivity contribution in [3.63, 3.8) is 0 Å². The Bertz CT molecular complexity index is 3250. The predicted octanol–water partition coefficient (Wildman–Crippen LogP) is 12.6. The Morgan fingerprint density at radius 3 is 1.57 bits per heavy atom. The van der Waals surface area contributed by atoms with Crippen LogP contribution in [0.1, 0.15) is 11.0 Å². The van der Waals surface area contributed by atoms with Crippen LogP contribution in [0.5, 0.6) is 0 Å². The van der Waals surface area contributed by atoms with E-state index < -0.39 is 24.2 Å². The molecule has 0 aliphatic heterocycles. The Morgan fingerprint density at radius 2 is 0.918 bits per heavy atom. The molecule has 0 saturated heterocycles. The number of nitrogens with zero attached hydrogens (tertiary/aromatic N) is 2. The smallest absolute Gasteiger partial charge is 0.145 e. The van der Waals surface area contributed by atoms with Crippen molar-refractivity contribution in [2.24, 2.45) is 0 Å². The van der Waals surface area contributed by atoms with Crippen LogP contribution in [0.25, 0.3) is 93.5 Å². The van der Waals surface area contributed by atoms with Crippen LogP contribution in [0.2, 0.25) is 0 Å². The van der Waals surface area contributed by atoms with E-state index in [-0.39, 0.29) is 45.7 Å². The number of rotatable bonds is 4. The molecule has 2 nitrogen and oxygen atoms in total. The van der Waals surface area contributed by atoms with E-state index in [0.717, 1.165) is 43.8 Å². The van der Waals surface area contributed by atoms with E-state index in [0.29, 0.717) is 28.1 Å². The summed E-state index contributed by atoms with van der Waals surface area (Å²) in [5.74, 6) is 0.697. The van der Waals surface area contributed by atoms with Crippen molar-refractivity contribution >= 4 is 54.1 Å². The van der Waals surface area contributed by atoms with Gasteiger partial charge in [-0.2, -0.15) is 0 Å². The van der Waals surface area contributed by atoms with E-state index in [2.05, 4.69) is 34.9 Å². The van der Waals surface area contributed by atoms with Crippen LogP contribution in [0.15, 0.2) is 182 Å². The Balaban J connectivity index is 1.28. The molecule has 0 atom stereocenters. The van der Waals surface area contributed by atoms with E-state index in [1.54, 1.807) is 0 Å². The topological polar surface area (TPSA) is 17.8 Å². The van der Waals surface area contributed by atoms with Crippen molar-refractivity contribution < 1.29 is 11.0 Å². The van der Waals surface area contributed by atoms with Crippen LogP contribution in [0.4, 0.5) is 0 Å². The van der Waals surface area contributed by atoms with E-state index >= 15 is 0 Å². The molecule has 228 valence electrons. The molecule has 0 aliphatic carbocycles. The van der Waals surface area contributed by atoms with E-state index in [1.165, 1.54) is 0 Å². The van der Waals surface area contributed by atoms with Gasteiger partial charge in [0.05, 0.1) is 22.0 Å². The first kappa shape index (κ1) is 20.7. The molecular weight excluding hydrogens is 593 g/mol. The van der Waals surface area contributed by atoms with Gasteiger partial charge >= 0.3 is 0 Å². The molecule has 1 heterocycles. The average molecular weight is 631 g/mol. The van der Waals surface area contributed by atoms with Gasteiger partial charge in [0.1, 0.15) is 5.82 Å². The van der Waals surface area contributed by atoms with Crippen LogP contribution >= 0.6 is 0 Å². The number of hydrogen-bond acceptors (Lipinski definition) is 1. The number of imidazole rings is 1. The highest BCUT2D eigenvalue weighted by Gasteiger charge is 2.18. The third-order valence-electron chi connectivity index (χ3n) is 9.40. The zero-order valence-electron chi connectivity index (χ0n) is 34.1. The molecule has 0 saturated carbocycles. The molecule has 0 amide bonds. The molecule has 1 aromatic heterocycles. The number of para-hydroxylation sites is 2. The summed E-state index contributed by atoms with van der Waals surface area (Å²) in [5, 5.41) is 4.79. The molecule has 0 fully saturated rings. The Hall–Kier alpha value is -6.51. The largest absolute Gasteiger partial charge is 0.292 e. The fraction of sp³-hybridized carbons (Fsp3) is 0. The third kappa shape index (κ3) is 4.46. The van der Waals surface area contributed by atoms with E-state index in [4.69, 9.17) is 10.5 Å². The van der Waals surface area contributed by atoms with Crippen LogP contribution in [-0.4, -0.2) is 9.55 Å². The third-order valence-corrected chi connectivity index (χ3v) is 9.40. The van der Waals surface area contributed by atoms with Gasteiger partial charge in [-0.15, -0.1) is 0 Å². The first-order valence-corrected chi connectivity index (χ1v) is 16.1. The molecule has 2 heteroatoms. The highest BCUT2D eigenvalue weighted by molar-refractivity contribution is 6.21. The van der Waals surface area contributed by atoms with E-state index in [9.17, 15) is 5.48 Å². The zero-order valence-corrected chi connectivity index (χ0v) is 26.1. The van der Waals surface area contributed by atoms with Crippen molar-refractivity contribution in [2.75, 3.05) is 0 Å². The zero-order chi connectivity index (χ0) is 39.3. The normalized spacial score (nSPS) is 14.0. The maximum atomic E-state index is 9.32. The van der Waals surface area contributed by atoms with Gasteiger partial charge in [0.2, 0.25) is 0 Å². The second kappa shape index (κ2) is 11.0. The van der Waals surface area contributed by atoms with Crippen molar-refractivity contribution in [3.05, 3.63) is 182 Å². The van der Waals surface area contributed by atoms with Gasteiger partial charge < -0.3 is 0 Å². The van der Waals surface area contributed by atoms with Crippen molar-refractivity contribution in [2.45, 2.75) is 0 Å². The Morgan fingerprint density at radius 1 is 0.429 bits per heavy atom. The maximum Gasteiger partial charge on any atom is 0.145 e. The van der Waals surface area contributed by atoms with Gasteiger partial charge in [-0.3, -0.25) is 4.57 Å². The van der Waals surface area contributed by atoms with Crippen molar-refractivity contribution in [1.82, 2.24) is 9.55 Å². The SMILES string of the molecule is [2H]c1c([2H])c([2H])c2c(-c3ccc4ccccc4c3)c3c([2H])c([2H])c([2H])c([2H])c3c(-c3ccc(-c4nc5ccccc5n4-c4ccc5ccccc5c4)cc3)c2c1[2H]. The minimum absolute atomic E-state index is 0.179. The summed E-state index contributed by atoms with van der Waals surface area (Å²) >= 11 is 0. The summed E-state index contributed by atoms with van der Waals surface area (Å²) in [6, 6.07) is 40.4. The molecule has 0 radical (unpaired) electrons. The molecule has 0 N–H and O–H groups in total. The fourth-order valence-electron chi connectivity index (χ4n) is 7.13. The summed E-state index contributed by atoms with van der Waals surface area (Å²) in [5.41, 5.74) is 5.21. The molecule has 10 rings (SSSR count). The molecule has 10 aromatic rings. The lowest BCUT2D eigenvalue weighted by Crippen LogP contribution is -1.98. The quantitative estimate of drug-likeness (QED) is 0.177. The number of fused-ring (bicyclic) bond motifs is 5. The van der Waals surface area contributed by atoms with Gasteiger partial charge in [-0.05, 0) is 95.7 Å². The molecule has 0 aliphatic rings. The van der Waals surface area contributed by atoms with Crippen molar-refractivity contribution in [3.8, 4) is 39.3 Å². The van der Waals surface area contributed by atoms with E-state index in [1.807, 2.05) is 103 Å². The molecule has 0 spiro atoms. The standard InChI is InChI=1S/C47H30N2/c1-3-13-35-29-37(26-21-31(35)11-1)46-41-17-7-5-15-39(41)45(40-16-6-8-18-42(40)46)33-22-24-34(25-23-33)47-48-43-19-9-10-20-44(43)49(47)38-28-27-32-12-2-4-14-36(32)30-38/h1-30H/i5D,6D,7D,8D,15D,16D,17D,18D. The lowest BCUT2D eigenvalue weighted by Gasteiger charge is -2.18. The highest BCUT2D eigenvalue weighted by atomic mass is 15.1. The van der Waals surface area contributed by atoms with Gasteiger partial charge in [0.15, 0.2) is 0 Å². The fourth-order valence-corrected chi connectivity index (χ4v) is 7.13. The Labute approximate surface area is 295 Å². The summed E-state index contributed by atoms with van der Waals surface area (Å²) in [6.45, 7) is 0. The molecular formula is C47H30N2. The monoisotopic (exact) mass is 630 g/mol. The van der Waals surface area contributed by atoms with Crippen LogP contribution < -0.4 is 0 Å². The van der Waals surface area contributed by atoms with Crippen LogP contribution in [0, 0.1) is 0 Å². The molecule has 0 unspecified atom stereocenters. The van der Waals surface area contributed by atoms with Gasteiger partial charge in [-0.25, -0.2) is 4.98 Å². The second-order valence-corrected chi connectivity index (χ2v) is 12.2. The first-order chi connectivity index (χ1) is 27.6. The lowest BCUT2D eigenvalue weighted by molar-refractivity contribution is 1.11. The summed E-state index contributed by atoms with van der Waals surface area (Å²) in [6.07, 6.45) is 0. The minimum Gasteiger partial charge on any atom is -0.292 e. The Kier molecular flexibility index (Phi) is 4.66. The van der Waals surface area contributed by atoms with Crippen LogP contribution in [-0.2, 0) is 0 Å². The van der Waals surface area contributed by atoms with Gasteiger partial charge in [0.25, 0.3) is 0 Å². The summed E-state index contributed by atoms with van der Waals surface area (Å²) < 4.78 is 74.5. The molecule has 49 heavy (non-hydrogen) atoms. The average Bonchev–Trinajstić information content (AvgIpc) is 3.64. The number of hydrogen-bond donors (Lipinski definition) is 0. The van der Waals surface area contributed by atoms with Gasteiger partial charge in [-0.1, -0.05) is 151 Å². The predicted molar refractivity (Wildman–Crippen MR) is 207 cm³/mol. The molecule has 0 bridgehead atoms. The minimum atomic E-state index is -0.431. The highest BCUT2D eigenvalue weighted by Crippen LogP contribution is 2.44. The second-order valence-electron chi connectivity index (χ2n) is 12.2. The summed E-state index contributed by atoms with van der Waals surface area (Å²) in [7, 11) is 0. The summed E-state index contributed by atoms with van der Waals surface area (Å²) in [4.78, 5) is 5.06. The number of benzene rings is 9. The number of aromatic nitrogens is 2. The van der Waals surface area contributed by atoms with Crippen LogP contribution in [0.3, 0.4) is 0 Å². The first-order valence-electron chi connectivity index (χ1n) is 20.1. The van der Waals surface area contributed by atoms with Gasteiger partial charge in [0, 0.05) is 11.3 Å². The lowest BCUT2D eigenvalue weighted by atomic mass is 9.85. The maximum absolute atomic E-state index is 9.32.